The average Bonchev–Trinajstić information content (AvgIpc) is 3.10. The van der Waals surface area contributed by atoms with Crippen LogP contribution >= 0.6 is 11.3 Å². The number of benzene rings is 1. The number of rotatable bonds is 8. The molecule has 29 heavy (non-hydrogen) atoms. The highest BCUT2D eigenvalue weighted by Crippen LogP contribution is 2.44. The zero-order valence-corrected chi connectivity index (χ0v) is 18.7. The molecule has 0 fully saturated rings. The van der Waals surface area contributed by atoms with Gasteiger partial charge in [-0.15, -0.1) is 16.2 Å². The average molecular weight is 417 g/mol. The minimum atomic E-state index is -0.453. The Kier molecular flexibility index (Phi) is 7.30. The van der Waals surface area contributed by atoms with E-state index in [1.54, 1.807) is 13.1 Å². The second kappa shape index (κ2) is 9.31. The van der Waals surface area contributed by atoms with Crippen LogP contribution in [0.5, 0.6) is 0 Å². The lowest BCUT2D eigenvalue weighted by atomic mass is 9.74. The molecule has 0 aliphatic rings. The summed E-state index contributed by atoms with van der Waals surface area (Å²) in [4.78, 5) is 38.5. The van der Waals surface area contributed by atoms with Gasteiger partial charge in [0.05, 0.1) is 12.0 Å². The lowest BCUT2D eigenvalue weighted by molar-refractivity contribution is -0.141. The number of nitroso groups, excluding NO2 is 1. The number of carbonyl (C=O) groups is 2. The summed E-state index contributed by atoms with van der Waals surface area (Å²) in [6.07, 6.45) is 1.70. The number of thiophene rings is 1. The summed E-state index contributed by atoms with van der Waals surface area (Å²) < 4.78 is 4.66. The molecule has 0 aliphatic heterocycles. The number of hydrogen-bond acceptors (Lipinski definition) is 6. The molecule has 0 unspecified atom stereocenters. The molecule has 0 spiro atoms. The van der Waals surface area contributed by atoms with Gasteiger partial charge in [-0.1, -0.05) is 26.0 Å². The van der Waals surface area contributed by atoms with E-state index in [-0.39, 0.29) is 17.9 Å². The fraction of sp³-hybridized carbons (Fsp3) is 0.455. The topological polar surface area (TPSA) is 76.0 Å². The van der Waals surface area contributed by atoms with Gasteiger partial charge in [-0.25, -0.2) is 0 Å². The lowest BCUT2D eigenvalue weighted by Gasteiger charge is -2.32. The second-order valence-corrected chi connectivity index (χ2v) is 8.29. The smallest absolute Gasteiger partial charge is 0.325 e. The highest BCUT2D eigenvalue weighted by atomic mass is 32.1. The summed E-state index contributed by atoms with van der Waals surface area (Å²) in [7, 11) is 2.90. The van der Waals surface area contributed by atoms with E-state index in [1.807, 2.05) is 26.0 Å². The quantitative estimate of drug-likeness (QED) is 0.442. The van der Waals surface area contributed by atoms with Crippen molar-refractivity contribution in [2.45, 2.75) is 46.0 Å². The summed E-state index contributed by atoms with van der Waals surface area (Å²) in [6, 6.07) is 7.80. The van der Waals surface area contributed by atoms with E-state index >= 15 is 0 Å². The van der Waals surface area contributed by atoms with Gasteiger partial charge in [0.25, 0.3) is 5.91 Å². The van der Waals surface area contributed by atoms with Crippen molar-refractivity contribution in [3.05, 3.63) is 55.6 Å². The largest absolute Gasteiger partial charge is 0.468 e. The van der Waals surface area contributed by atoms with Crippen molar-refractivity contribution >= 4 is 28.9 Å². The Morgan fingerprint density at radius 2 is 1.79 bits per heavy atom. The Labute approximate surface area is 175 Å². The van der Waals surface area contributed by atoms with E-state index in [0.717, 1.165) is 34.4 Å². The molecule has 1 aromatic heterocycles. The number of carbonyl (C=O) groups excluding carboxylic acids is 2. The van der Waals surface area contributed by atoms with Gasteiger partial charge >= 0.3 is 5.97 Å². The van der Waals surface area contributed by atoms with Crippen LogP contribution < -0.4 is 0 Å². The number of amides is 1. The van der Waals surface area contributed by atoms with Crippen molar-refractivity contribution in [1.82, 2.24) is 4.90 Å². The normalized spacial score (nSPS) is 11.2. The van der Waals surface area contributed by atoms with Gasteiger partial charge in [0.1, 0.15) is 12.2 Å². The zero-order valence-electron chi connectivity index (χ0n) is 17.9. The van der Waals surface area contributed by atoms with Crippen molar-refractivity contribution in [3.63, 3.8) is 0 Å². The van der Waals surface area contributed by atoms with Crippen molar-refractivity contribution < 1.29 is 14.3 Å². The van der Waals surface area contributed by atoms with E-state index in [9.17, 15) is 14.5 Å². The number of esters is 1. The first-order chi connectivity index (χ1) is 13.7. The third kappa shape index (κ3) is 4.40. The van der Waals surface area contributed by atoms with Crippen LogP contribution in [0.3, 0.4) is 0 Å². The fourth-order valence-electron chi connectivity index (χ4n) is 3.64. The first kappa shape index (κ1) is 22.7. The Morgan fingerprint density at radius 3 is 2.31 bits per heavy atom. The van der Waals surface area contributed by atoms with Gasteiger partial charge in [0.2, 0.25) is 0 Å². The highest BCUT2D eigenvalue weighted by molar-refractivity contribution is 7.14. The van der Waals surface area contributed by atoms with Crippen LogP contribution in [0.25, 0.3) is 0 Å². The molecule has 1 amide bonds. The molecule has 156 valence electrons. The second-order valence-electron chi connectivity index (χ2n) is 7.24. The monoisotopic (exact) mass is 416 g/mol. The molecule has 0 atom stereocenters. The first-order valence-corrected chi connectivity index (χ1v) is 10.4. The van der Waals surface area contributed by atoms with Gasteiger partial charge < -0.3 is 9.64 Å². The van der Waals surface area contributed by atoms with Gasteiger partial charge in [-0.05, 0) is 60.7 Å². The third-order valence-corrected chi connectivity index (χ3v) is 7.01. The van der Waals surface area contributed by atoms with E-state index < -0.39 is 5.97 Å². The number of methoxy groups -OCH3 is 1. The molecule has 0 aliphatic carbocycles. The summed E-state index contributed by atoms with van der Waals surface area (Å²) in [5, 5.41) is 3.07. The Morgan fingerprint density at radius 1 is 1.14 bits per heavy atom. The Bertz CT molecular complexity index is 916. The van der Waals surface area contributed by atoms with Crippen molar-refractivity contribution in [3.8, 4) is 0 Å². The van der Waals surface area contributed by atoms with Crippen LogP contribution in [-0.2, 0) is 14.9 Å². The molecule has 0 N–H and O–H groups in total. The lowest BCUT2D eigenvalue weighted by Crippen LogP contribution is -2.32. The maximum Gasteiger partial charge on any atom is 0.325 e. The predicted molar refractivity (Wildman–Crippen MR) is 116 cm³/mol. The highest BCUT2D eigenvalue weighted by Gasteiger charge is 2.34. The standard InChI is InChI=1S/C22H28N2O4S/c1-7-22(8-2,16-9-10-17(23-27)14(3)11-16)18-12-15(4)20(29-18)21(26)24(5)13-19(25)28-6/h9-12H,7-8,13H2,1-6H3. The number of aryl methyl sites for hydroxylation is 2. The molecule has 2 rings (SSSR count). The van der Waals surface area contributed by atoms with Crippen molar-refractivity contribution in [1.29, 1.82) is 0 Å². The number of ether oxygens (including phenoxy) is 1. The maximum atomic E-state index is 12.9. The SMILES string of the molecule is CCC(CC)(c1ccc(N=O)c(C)c1)c1cc(C)c(C(=O)N(C)CC(=O)OC)s1. The summed E-state index contributed by atoms with van der Waals surface area (Å²) >= 11 is 1.47. The van der Waals surface area contributed by atoms with E-state index in [0.29, 0.717) is 10.6 Å². The van der Waals surface area contributed by atoms with E-state index in [4.69, 9.17) is 0 Å². The van der Waals surface area contributed by atoms with Crippen LogP contribution in [-0.4, -0.2) is 37.5 Å². The van der Waals surface area contributed by atoms with Gasteiger partial charge in [-0.3, -0.25) is 9.59 Å². The molecular weight excluding hydrogens is 388 g/mol. The third-order valence-electron chi connectivity index (χ3n) is 5.58. The van der Waals surface area contributed by atoms with Crippen LogP contribution in [0.15, 0.2) is 29.4 Å². The van der Waals surface area contributed by atoms with Crippen LogP contribution in [0.1, 0.15) is 57.9 Å². The molecule has 0 bridgehead atoms. The molecule has 0 saturated heterocycles. The zero-order chi connectivity index (χ0) is 21.8. The van der Waals surface area contributed by atoms with Crippen LogP contribution in [0, 0.1) is 18.8 Å². The minimum Gasteiger partial charge on any atom is -0.468 e. The summed E-state index contributed by atoms with van der Waals surface area (Å²) in [5.41, 5.74) is 3.02. The van der Waals surface area contributed by atoms with Crippen molar-refractivity contribution in [2.24, 2.45) is 5.18 Å². The number of likely N-dealkylation sites (N-methyl/N-ethyl adjacent to an activating group) is 1. The number of nitrogens with zero attached hydrogens (tertiary/aromatic N) is 2. The first-order valence-electron chi connectivity index (χ1n) is 9.61. The molecule has 2 aromatic rings. The van der Waals surface area contributed by atoms with E-state index in [1.165, 1.54) is 23.3 Å². The Balaban J connectivity index is 2.49. The number of hydrogen-bond donors (Lipinski definition) is 0. The van der Waals surface area contributed by atoms with E-state index in [2.05, 4.69) is 29.8 Å². The van der Waals surface area contributed by atoms with Gasteiger partial charge in [-0.2, -0.15) is 0 Å². The predicted octanol–water partition coefficient (Wildman–Crippen LogP) is 5.11. The molecule has 1 heterocycles. The fourth-order valence-corrected chi connectivity index (χ4v) is 5.16. The van der Waals surface area contributed by atoms with Gasteiger partial charge in [0, 0.05) is 17.3 Å². The minimum absolute atomic E-state index is 0.0892. The van der Waals surface area contributed by atoms with Crippen LogP contribution in [0.4, 0.5) is 5.69 Å². The summed E-state index contributed by atoms with van der Waals surface area (Å²) in [5.74, 6) is -0.645. The molecule has 0 radical (unpaired) electrons. The molecular formula is C22H28N2O4S. The van der Waals surface area contributed by atoms with Crippen LogP contribution in [0.2, 0.25) is 0 Å². The maximum absolute atomic E-state index is 12.9. The molecule has 7 heteroatoms. The van der Waals surface area contributed by atoms with Crippen molar-refractivity contribution in [2.75, 3.05) is 20.7 Å². The molecule has 6 nitrogen and oxygen atoms in total. The molecule has 1 aromatic carbocycles. The molecule has 0 saturated carbocycles. The Hall–Kier alpha value is -2.54. The van der Waals surface area contributed by atoms with Gasteiger partial charge in [0.15, 0.2) is 0 Å². The summed E-state index contributed by atoms with van der Waals surface area (Å²) in [6.45, 7) is 7.97.